The molecule has 1 amide bonds. The summed E-state index contributed by atoms with van der Waals surface area (Å²) < 4.78 is 8.69. The van der Waals surface area contributed by atoms with E-state index in [9.17, 15) is 9.59 Å². The minimum absolute atomic E-state index is 0.188. The molecule has 0 aliphatic carbocycles. The number of amides is 1. The van der Waals surface area contributed by atoms with E-state index in [0.717, 1.165) is 24.2 Å². The molecule has 0 saturated heterocycles. The van der Waals surface area contributed by atoms with Crippen LogP contribution in [0.25, 0.3) is 5.69 Å². The largest absolute Gasteiger partial charge is 0.449 e. The molecule has 0 unspecified atom stereocenters. The van der Waals surface area contributed by atoms with Gasteiger partial charge in [0.05, 0.1) is 18.0 Å². The van der Waals surface area contributed by atoms with Crippen LogP contribution < -0.4 is 10.5 Å². The van der Waals surface area contributed by atoms with Crippen LogP contribution in [0, 0.1) is 6.92 Å². The van der Waals surface area contributed by atoms with Crippen molar-refractivity contribution in [2.24, 2.45) is 7.05 Å². The molecule has 1 heterocycles. The molecule has 0 atom stereocenters. The topological polar surface area (TPSA) is 56.5 Å². The van der Waals surface area contributed by atoms with Crippen molar-refractivity contribution >= 4 is 11.8 Å². The number of carbonyl (C=O) groups excluding carboxylic acids is 1. The molecule has 1 aromatic carbocycles. The van der Waals surface area contributed by atoms with E-state index in [1.165, 1.54) is 4.90 Å². The lowest BCUT2D eigenvalue weighted by atomic mass is 10.2. The second-order valence-electron chi connectivity index (χ2n) is 6.34. The molecule has 6 nitrogen and oxygen atoms in total. The maximum atomic E-state index is 13.1. The third kappa shape index (κ3) is 3.78. The Morgan fingerprint density at radius 2 is 1.88 bits per heavy atom. The van der Waals surface area contributed by atoms with E-state index in [4.69, 9.17) is 4.74 Å². The molecule has 0 bridgehead atoms. The quantitative estimate of drug-likeness (QED) is 0.751. The molecule has 0 spiro atoms. The van der Waals surface area contributed by atoms with Gasteiger partial charge in [0, 0.05) is 13.1 Å². The number of hydrogen-bond acceptors (Lipinski definition) is 3. The van der Waals surface area contributed by atoms with Gasteiger partial charge in [0.2, 0.25) is 0 Å². The van der Waals surface area contributed by atoms with Crippen LogP contribution in [0.2, 0.25) is 0 Å². The van der Waals surface area contributed by atoms with Crippen LogP contribution in [-0.4, -0.2) is 28.1 Å². The number of para-hydroxylation sites is 1. The van der Waals surface area contributed by atoms with Gasteiger partial charge in [-0.15, -0.1) is 0 Å². The number of anilines is 1. The van der Waals surface area contributed by atoms with Crippen molar-refractivity contribution in [2.75, 3.05) is 11.5 Å². The Hall–Kier alpha value is -2.50. The van der Waals surface area contributed by atoms with Gasteiger partial charge in [0.25, 0.3) is 5.56 Å². The van der Waals surface area contributed by atoms with E-state index < -0.39 is 6.09 Å². The normalized spacial score (nSPS) is 11.0. The number of hydrogen-bond donors (Lipinski definition) is 0. The number of benzene rings is 1. The molecule has 0 N–H and O–H groups in total. The first-order valence-corrected chi connectivity index (χ1v) is 8.70. The zero-order chi connectivity index (χ0) is 18.6. The van der Waals surface area contributed by atoms with Crippen molar-refractivity contribution in [3.05, 3.63) is 46.4 Å². The van der Waals surface area contributed by atoms with Crippen LogP contribution in [0.3, 0.4) is 0 Å². The van der Waals surface area contributed by atoms with Gasteiger partial charge < -0.3 is 4.74 Å². The minimum Gasteiger partial charge on any atom is -0.449 e. The number of rotatable bonds is 6. The van der Waals surface area contributed by atoms with E-state index in [1.54, 1.807) is 9.36 Å². The van der Waals surface area contributed by atoms with Gasteiger partial charge in [-0.05, 0) is 39.3 Å². The smallest absolute Gasteiger partial charge is 0.414 e. The molecule has 25 heavy (non-hydrogen) atoms. The molecule has 6 heteroatoms. The fourth-order valence-electron chi connectivity index (χ4n) is 2.77. The fourth-order valence-corrected chi connectivity index (χ4v) is 2.77. The third-order valence-electron chi connectivity index (χ3n) is 4.20. The molecular weight excluding hydrogens is 318 g/mol. The Balaban J connectivity index is 2.49. The van der Waals surface area contributed by atoms with Crippen LogP contribution in [-0.2, 0) is 11.8 Å². The molecule has 1 aromatic heterocycles. The zero-order valence-electron chi connectivity index (χ0n) is 15.7. The molecule has 2 aromatic rings. The monoisotopic (exact) mass is 345 g/mol. The molecule has 136 valence electrons. The molecule has 0 fully saturated rings. The lowest BCUT2D eigenvalue weighted by Gasteiger charge is -2.24. The van der Waals surface area contributed by atoms with E-state index in [0.29, 0.717) is 12.3 Å². The van der Waals surface area contributed by atoms with Gasteiger partial charge in [-0.2, -0.15) is 0 Å². The predicted octanol–water partition coefficient (Wildman–Crippen LogP) is 3.64. The highest BCUT2D eigenvalue weighted by molar-refractivity contribution is 5.88. The minimum atomic E-state index is -0.477. The Morgan fingerprint density at radius 3 is 2.44 bits per heavy atom. The molecule has 0 radical (unpaired) electrons. The number of aromatic nitrogens is 2. The van der Waals surface area contributed by atoms with Gasteiger partial charge in [-0.3, -0.25) is 14.4 Å². The fraction of sp³-hybridized carbons (Fsp3) is 0.474. The maximum Gasteiger partial charge on any atom is 0.414 e. The van der Waals surface area contributed by atoms with Gasteiger partial charge in [-0.1, -0.05) is 31.5 Å². The lowest BCUT2D eigenvalue weighted by molar-refractivity contribution is 0.150. The van der Waals surface area contributed by atoms with Crippen molar-refractivity contribution in [1.29, 1.82) is 0 Å². The molecule has 0 aliphatic heterocycles. The van der Waals surface area contributed by atoms with Crippen molar-refractivity contribution < 1.29 is 9.53 Å². The highest BCUT2D eigenvalue weighted by Crippen LogP contribution is 2.21. The van der Waals surface area contributed by atoms with Crippen LogP contribution in [0.1, 0.15) is 39.3 Å². The summed E-state index contributed by atoms with van der Waals surface area (Å²) in [6, 6.07) is 9.20. The summed E-state index contributed by atoms with van der Waals surface area (Å²) in [5.74, 6) is 0. The van der Waals surface area contributed by atoms with E-state index >= 15 is 0 Å². The molecule has 2 rings (SSSR count). The molecule has 0 aliphatic rings. The van der Waals surface area contributed by atoms with Crippen molar-refractivity contribution in [1.82, 2.24) is 9.36 Å². The summed E-state index contributed by atoms with van der Waals surface area (Å²) >= 11 is 0. The highest BCUT2D eigenvalue weighted by Gasteiger charge is 2.29. The number of unbranched alkanes of at least 4 members (excludes halogenated alkanes) is 1. The first-order chi connectivity index (χ1) is 11.9. The van der Waals surface area contributed by atoms with Crippen LogP contribution in [0.4, 0.5) is 10.5 Å². The van der Waals surface area contributed by atoms with E-state index in [2.05, 4.69) is 0 Å². The van der Waals surface area contributed by atoms with Gasteiger partial charge >= 0.3 is 6.09 Å². The first-order valence-electron chi connectivity index (χ1n) is 8.70. The average Bonchev–Trinajstić information content (AvgIpc) is 2.79. The second-order valence-corrected chi connectivity index (χ2v) is 6.34. The second kappa shape index (κ2) is 8.05. The summed E-state index contributed by atoms with van der Waals surface area (Å²) in [5.41, 5.74) is 1.61. The predicted molar refractivity (Wildman–Crippen MR) is 99.6 cm³/mol. The summed E-state index contributed by atoms with van der Waals surface area (Å²) in [5, 5.41) is 0. The number of carbonyl (C=O) groups is 1. The molecule has 0 saturated carbocycles. The summed E-state index contributed by atoms with van der Waals surface area (Å²) in [6.07, 6.45) is 1.27. The Morgan fingerprint density at radius 1 is 1.24 bits per heavy atom. The van der Waals surface area contributed by atoms with Crippen molar-refractivity contribution in [3.8, 4) is 5.69 Å². The third-order valence-corrected chi connectivity index (χ3v) is 4.20. The summed E-state index contributed by atoms with van der Waals surface area (Å²) in [4.78, 5) is 27.1. The Kier molecular flexibility index (Phi) is 6.07. The standard InChI is InChI=1S/C19H27N3O3/c1-6-7-13-25-19(24)21(14(2)3)17-15(4)20(5)22(18(17)23)16-11-9-8-10-12-16/h8-12,14H,6-7,13H2,1-5H3. The van der Waals surface area contributed by atoms with Crippen LogP contribution >= 0.6 is 0 Å². The SMILES string of the molecule is CCCCOC(=O)N(c1c(C)n(C)n(-c2ccccc2)c1=O)C(C)C. The van der Waals surface area contributed by atoms with Crippen LogP contribution in [0.5, 0.6) is 0 Å². The Labute approximate surface area is 148 Å². The van der Waals surface area contributed by atoms with Crippen molar-refractivity contribution in [3.63, 3.8) is 0 Å². The lowest BCUT2D eigenvalue weighted by Crippen LogP contribution is -2.41. The molecular formula is C19H27N3O3. The zero-order valence-corrected chi connectivity index (χ0v) is 15.7. The number of ether oxygens (including phenoxy) is 1. The van der Waals surface area contributed by atoms with E-state index in [-0.39, 0.29) is 11.6 Å². The van der Waals surface area contributed by atoms with Gasteiger partial charge in [0.15, 0.2) is 0 Å². The summed E-state index contributed by atoms with van der Waals surface area (Å²) in [6.45, 7) is 7.98. The van der Waals surface area contributed by atoms with Gasteiger partial charge in [0.1, 0.15) is 5.69 Å². The highest BCUT2D eigenvalue weighted by atomic mass is 16.6. The van der Waals surface area contributed by atoms with Crippen molar-refractivity contribution in [2.45, 2.75) is 46.6 Å². The number of nitrogens with zero attached hydrogens (tertiary/aromatic N) is 3. The van der Waals surface area contributed by atoms with E-state index in [1.807, 2.05) is 65.1 Å². The summed E-state index contributed by atoms with van der Waals surface area (Å²) in [7, 11) is 1.81. The first kappa shape index (κ1) is 18.8. The Bertz CT molecular complexity index is 775. The van der Waals surface area contributed by atoms with Crippen LogP contribution in [0.15, 0.2) is 35.1 Å². The maximum absolute atomic E-state index is 13.1. The van der Waals surface area contributed by atoms with Gasteiger partial charge in [-0.25, -0.2) is 9.48 Å². The average molecular weight is 345 g/mol.